The van der Waals surface area contributed by atoms with Gasteiger partial charge in [-0.2, -0.15) is 0 Å². The van der Waals surface area contributed by atoms with Crippen molar-refractivity contribution < 1.29 is 5.11 Å². The zero-order valence-corrected chi connectivity index (χ0v) is 10.6. The molecule has 0 fully saturated rings. The zero-order chi connectivity index (χ0) is 7.84. The Balaban J connectivity index is 0.000000720. The maximum Gasteiger partial charge on any atom is 0.305 e. The second-order valence-corrected chi connectivity index (χ2v) is 3.18. The molecule has 0 atom stereocenters. The zero-order valence-electron chi connectivity index (χ0n) is 6.31. The van der Waals surface area contributed by atoms with Crippen LogP contribution in [0, 0.1) is 0 Å². The number of hydrogen-bond donors (Lipinski definition) is 2. The lowest BCUT2D eigenvalue weighted by molar-refractivity contribution is 0.480. The lowest BCUT2D eigenvalue weighted by Gasteiger charge is -1.89. The van der Waals surface area contributed by atoms with Crippen molar-refractivity contribution in [2.75, 3.05) is 0 Å². The highest BCUT2D eigenvalue weighted by Gasteiger charge is 2.01. The molecule has 3 nitrogen and oxygen atoms in total. The average molecular weight is 329 g/mol. The summed E-state index contributed by atoms with van der Waals surface area (Å²) in [6.07, 6.45) is 0. The summed E-state index contributed by atoms with van der Waals surface area (Å²) in [5.41, 5.74) is 0.530. The normalized spacial score (nSPS) is 8.92. The number of nitrogens with one attached hydrogen (secondary N) is 1. The summed E-state index contributed by atoms with van der Waals surface area (Å²) in [6, 6.07) is 5.05. The fourth-order valence-electron chi connectivity index (χ4n) is 0.958. The number of aromatic amines is 1. The fraction of sp³-hybridized carbons (Fsp3) is 0. The summed E-state index contributed by atoms with van der Waals surface area (Å²) in [5, 5.41) is 9.22. The van der Waals surface area contributed by atoms with Crippen LogP contribution in [0.5, 0.6) is 5.75 Å². The molecule has 1 aromatic carbocycles. The number of phenols is 1. The molecule has 2 N–H and O–H groups in total. The molecule has 0 aliphatic rings. The number of thiazole rings is 1. The first kappa shape index (κ1) is 12.7. The lowest BCUT2D eigenvalue weighted by atomic mass is 10.3. The summed E-state index contributed by atoms with van der Waals surface area (Å²) in [7, 11) is 0. The number of fused-ring (bicyclic) bond motifs is 1. The minimum absolute atomic E-state index is 0. The highest BCUT2D eigenvalue weighted by atomic mass is 79.9. The minimum atomic E-state index is -0.137. The molecule has 6 heteroatoms. The number of rotatable bonds is 0. The van der Waals surface area contributed by atoms with Crippen LogP contribution in [0.1, 0.15) is 0 Å². The third-order valence-electron chi connectivity index (χ3n) is 1.43. The third kappa shape index (κ3) is 2.32. The summed E-state index contributed by atoms with van der Waals surface area (Å²) in [5.74, 6) is 0.126. The number of aromatic nitrogens is 1. The standard InChI is InChI=1S/C7H5NO2S.2BrH/c9-4-2-1-3-5-6(4)8-7(10)11-5;;/h1-3,9H,(H,8,10);2*1H. The monoisotopic (exact) mass is 327 g/mol. The molecular weight excluding hydrogens is 322 g/mol. The van der Waals surface area contributed by atoms with Crippen molar-refractivity contribution in [3.63, 3.8) is 0 Å². The second-order valence-electron chi connectivity index (χ2n) is 2.16. The Hall–Kier alpha value is -0.330. The molecule has 72 valence electrons. The molecule has 0 saturated carbocycles. The molecule has 0 unspecified atom stereocenters. The van der Waals surface area contributed by atoms with E-state index in [1.54, 1.807) is 18.2 Å². The van der Waals surface area contributed by atoms with Crippen molar-refractivity contribution in [2.24, 2.45) is 0 Å². The molecule has 0 radical (unpaired) electrons. The van der Waals surface area contributed by atoms with Crippen LogP contribution in [-0.4, -0.2) is 10.1 Å². The number of para-hydroxylation sites is 1. The van der Waals surface area contributed by atoms with Gasteiger partial charge in [-0.25, -0.2) is 0 Å². The number of hydrogen-bond acceptors (Lipinski definition) is 3. The summed E-state index contributed by atoms with van der Waals surface area (Å²) in [6.45, 7) is 0. The quantitative estimate of drug-likeness (QED) is 0.780. The third-order valence-corrected chi connectivity index (χ3v) is 2.28. The molecule has 1 heterocycles. The molecule has 0 bridgehead atoms. The van der Waals surface area contributed by atoms with Crippen LogP contribution in [0.3, 0.4) is 0 Å². The Morgan fingerprint density at radius 1 is 1.31 bits per heavy atom. The Kier molecular flexibility index (Phi) is 4.66. The van der Waals surface area contributed by atoms with Crippen molar-refractivity contribution in [3.05, 3.63) is 27.9 Å². The van der Waals surface area contributed by atoms with Gasteiger partial charge >= 0.3 is 4.87 Å². The van der Waals surface area contributed by atoms with Gasteiger partial charge in [0.1, 0.15) is 11.3 Å². The van der Waals surface area contributed by atoms with Crippen LogP contribution in [0.4, 0.5) is 0 Å². The maximum atomic E-state index is 10.8. The van der Waals surface area contributed by atoms with E-state index in [1.807, 2.05) is 0 Å². The van der Waals surface area contributed by atoms with Crippen molar-refractivity contribution in [2.45, 2.75) is 0 Å². The van der Waals surface area contributed by atoms with Crippen LogP contribution in [0.15, 0.2) is 23.0 Å². The molecular formula is C7H7Br2NO2S. The average Bonchev–Trinajstić information content (AvgIpc) is 2.31. The molecule has 2 aromatic rings. The van der Waals surface area contributed by atoms with Gasteiger partial charge in [-0.05, 0) is 12.1 Å². The van der Waals surface area contributed by atoms with Gasteiger partial charge in [0.2, 0.25) is 0 Å². The number of aromatic hydroxyl groups is 1. The topological polar surface area (TPSA) is 53.1 Å². The van der Waals surface area contributed by atoms with E-state index in [-0.39, 0.29) is 44.6 Å². The number of phenolic OH excluding ortho intramolecular Hbond substituents is 1. The van der Waals surface area contributed by atoms with Gasteiger partial charge < -0.3 is 10.1 Å². The molecule has 13 heavy (non-hydrogen) atoms. The van der Waals surface area contributed by atoms with E-state index in [9.17, 15) is 9.90 Å². The Bertz CT molecular complexity index is 451. The summed E-state index contributed by atoms with van der Waals surface area (Å²) >= 11 is 1.10. The van der Waals surface area contributed by atoms with E-state index in [1.165, 1.54) is 0 Å². The smallest absolute Gasteiger partial charge is 0.305 e. The van der Waals surface area contributed by atoms with Gasteiger partial charge in [0.05, 0.1) is 4.70 Å². The Morgan fingerprint density at radius 2 is 2.00 bits per heavy atom. The molecule has 0 amide bonds. The first-order valence-electron chi connectivity index (χ1n) is 3.08. The minimum Gasteiger partial charge on any atom is -0.506 e. The molecule has 0 aliphatic carbocycles. The van der Waals surface area contributed by atoms with Crippen LogP contribution in [0.25, 0.3) is 10.2 Å². The maximum absolute atomic E-state index is 10.8. The van der Waals surface area contributed by atoms with E-state index < -0.39 is 0 Å². The highest BCUT2D eigenvalue weighted by Crippen LogP contribution is 2.22. The van der Waals surface area contributed by atoms with Gasteiger partial charge in [-0.1, -0.05) is 17.4 Å². The summed E-state index contributed by atoms with van der Waals surface area (Å²) < 4.78 is 0.787. The van der Waals surface area contributed by atoms with Crippen LogP contribution in [0.2, 0.25) is 0 Å². The number of benzene rings is 1. The SMILES string of the molecule is Br.Br.O=c1[nH]c2c(O)cccc2s1. The van der Waals surface area contributed by atoms with Gasteiger partial charge in [-0.3, -0.25) is 4.79 Å². The van der Waals surface area contributed by atoms with Crippen molar-refractivity contribution in [3.8, 4) is 5.75 Å². The van der Waals surface area contributed by atoms with Crippen LogP contribution in [-0.2, 0) is 0 Å². The van der Waals surface area contributed by atoms with Gasteiger partial charge in [0, 0.05) is 0 Å². The Labute approximate surface area is 99.0 Å². The molecule has 1 aromatic heterocycles. The van der Waals surface area contributed by atoms with Gasteiger partial charge in [0.15, 0.2) is 0 Å². The first-order chi connectivity index (χ1) is 5.27. The van der Waals surface area contributed by atoms with E-state index in [0.29, 0.717) is 5.52 Å². The van der Waals surface area contributed by atoms with Crippen LogP contribution < -0.4 is 4.87 Å². The predicted octanol–water partition coefficient (Wildman–Crippen LogP) is 2.45. The number of H-pyrrole nitrogens is 1. The molecule has 0 spiro atoms. The summed E-state index contributed by atoms with van der Waals surface area (Å²) in [4.78, 5) is 13.2. The van der Waals surface area contributed by atoms with Gasteiger partial charge in [0.25, 0.3) is 0 Å². The second kappa shape index (κ2) is 4.78. The first-order valence-corrected chi connectivity index (χ1v) is 3.90. The Morgan fingerprint density at radius 3 is 2.62 bits per heavy atom. The van der Waals surface area contributed by atoms with E-state index in [0.717, 1.165) is 16.0 Å². The van der Waals surface area contributed by atoms with Crippen molar-refractivity contribution in [1.29, 1.82) is 0 Å². The lowest BCUT2D eigenvalue weighted by Crippen LogP contribution is -1.89. The number of halogens is 2. The van der Waals surface area contributed by atoms with Gasteiger partial charge in [-0.15, -0.1) is 34.0 Å². The molecule has 0 aliphatic heterocycles. The van der Waals surface area contributed by atoms with E-state index in [2.05, 4.69) is 4.98 Å². The molecule has 2 rings (SSSR count). The van der Waals surface area contributed by atoms with E-state index >= 15 is 0 Å². The highest BCUT2D eigenvalue weighted by molar-refractivity contribution is 8.93. The van der Waals surface area contributed by atoms with Crippen molar-refractivity contribution >= 4 is 55.5 Å². The largest absolute Gasteiger partial charge is 0.506 e. The van der Waals surface area contributed by atoms with Crippen LogP contribution >= 0.6 is 45.3 Å². The van der Waals surface area contributed by atoms with Crippen molar-refractivity contribution in [1.82, 2.24) is 4.98 Å². The fourth-order valence-corrected chi connectivity index (χ4v) is 1.71. The molecule has 0 saturated heterocycles. The predicted molar refractivity (Wildman–Crippen MR) is 64.8 cm³/mol. The van der Waals surface area contributed by atoms with E-state index in [4.69, 9.17) is 0 Å².